The number of Topliss-reactive ketones (excluding diaryl/α,β-unsaturated/α-hetero) is 1. The number of hydrogen-bond acceptors (Lipinski definition) is 6. The lowest BCUT2D eigenvalue weighted by molar-refractivity contribution is -0.130. The molecule has 1 saturated heterocycles. The molecule has 3 amide bonds. The first-order valence-corrected chi connectivity index (χ1v) is 12.0. The molecule has 1 fully saturated rings. The molecule has 0 spiro atoms. The van der Waals surface area contributed by atoms with E-state index >= 15 is 0 Å². The van der Waals surface area contributed by atoms with Gasteiger partial charge >= 0.3 is 0 Å². The summed E-state index contributed by atoms with van der Waals surface area (Å²) in [5.74, 6) is -2.69. The molecule has 2 heterocycles. The third-order valence-corrected chi connectivity index (χ3v) is 6.60. The van der Waals surface area contributed by atoms with Crippen LogP contribution in [-0.2, 0) is 9.59 Å². The van der Waals surface area contributed by atoms with Gasteiger partial charge in [-0.15, -0.1) is 0 Å². The molecular formula is C27H33N5O5. The van der Waals surface area contributed by atoms with E-state index < -0.39 is 29.6 Å². The average molecular weight is 508 g/mol. The van der Waals surface area contributed by atoms with E-state index in [2.05, 4.69) is 28.8 Å². The van der Waals surface area contributed by atoms with E-state index in [0.717, 1.165) is 0 Å². The zero-order valence-electron chi connectivity index (χ0n) is 21.3. The SMILES string of the molecule is C=C(NC)C(C)C(O)C(=O)N/C(C)=c1\[nH]cc(C(=O)C(=O)N2CCN(C(=O)c3ccccc3)CC2)c1=C. The van der Waals surface area contributed by atoms with E-state index in [1.165, 1.54) is 11.1 Å². The van der Waals surface area contributed by atoms with Gasteiger partial charge in [0.2, 0.25) is 0 Å². The number of aromatic amines is 1. The lowest BCUT2D eigenvalue weighted by Gasteiger charge is -2.34. The second-order valence-corrected chi connectivity index (χ2v) is 8.96. The van der Waals surface area contributed by atoms with Crippen LogP contribution in [0, 0.1) is 5.92 Å². The molecule has 0 bridgehead atoms. The number of H-pyrrole nitrogens is 1. The summed E-state index contributed by atoms with van der Waals surface area (Å²) in [6, 6.07) is 8.90. The highest BCUT2D eigenvalue weighted by Crippen LogP contribution is 2.12. The highest BCUT2D eigenvalue weighted by atomic mass is 16.3. The van der Waals surface area contributed by atoms with E-state index in [1.807, 2.05) is 6.07 Å². The topological polar surface area (TPSA) is 135 Å². The molecule has 2 aromatic rings. The van der Waals surface area contributed by atoms with Gasteiger partial charge < -0.3 is 30.5 Å². The Labute approximate surface area is 215 Å². The molecule has 196 valence electrons. The number of amides is 3. The molecule has 2 atom stereocenters. The van der Waals surface area contributed by atoms with Crippen LogP contribution in [0.15, 0.2) is 48.8 Å². The summed E-state index contributed by atoms with van der Waals surface area (Å²) >= 11 is 0. The summed E-state index contributed by atoms with van der Waals surface area (Å²) in [6.45, 7) is 12.1. The molecule has 10 nitrogen and oxygen atoms in total. The van der Waals surface area contributed by atoms with Crippen LogP contribution in [0.1, 0.15) is 34.6 Å². The fourth-order valence-corrected chi connectivity index (χ4v) is 4.09. The number of nitrogens with one attached hydrogen (secondary N) is 3. The Morgan fingerprint density at radius 3 is 2.24 bits per heavy atom. The Balaban J connectivity index is 1.67. The van der Waals surface area contributed by atoms with Crippen molar-refractivity contribution < 1.29 is 24.3 Å². The number of aliphatic hydroxyl groups is 1. The standard InChI is InChI=1S/C27H33N5O5/c1-16(18(3)28-5)23(33)25(35)30-19(4)22-17(2)21(15-29-22)24(34)27(37)32-13-11-31(12-14-32)26(36)20-9-7-6-8-10-20/h6-10,15-16,23,28-29,33H,2-3,11-14H2,1,4-5H3,(H,30,35)/b22-19-. The molecule has 3 rings (SSSR count). The zero-order chi connectivity index (χ0) is 27.3. The number of benzene rings is 1. The molecule has 37 heavy (non-hydrogen) atoms. The van der Waals surface area contributed by atoms with Crippen molar-refractivity contribution in [2.24, 2.45) is 5.92 Å². The van der Waals surface area contributed by atoms with E-state index in [1.54, 1.807) is 50.1 Å². The monoisotopic (exact) mass is 507 g/mol. The minimum Gasteiger partial charge on any atom is -0.392 e. The van der Waals surface area contributed by atoms with Gasteiger partial charge in [0.05, 0.1) is 10.9 Å². The summed E-state index contributed by atoms with van der Waals surface area (Å²) in [5.41, 5.74) is 1.52. The van der Waals surface area contributed by atoms with E-state index in [-0.39, 0.29) is 29.8 Å². The van der Waals surface area contributed by atoms with Crippen molar-refractivity contribution in [3.8, 4) is 0 Å². The van der Waals surface area contributed by atoms with Crippen molar-refractivity contribution in [1.82, 2.24) is 25.4 Å². The first kappa shape index (κ1) is 27.4. The molecule has 0 radical (unpaired) electrons. The van der Waals surface area contributed by atoms with Gasteiger partial charge in [0.1, 0.15) is 6.10 Å². The van der Waals surface area contributed by atoms with Gasteiger partial charge in [0.25, 0.3) is 23.5 Å². The van der Waals surface area contributed by atoms with E-state index in [9.17, 15) is 24.3 Å². The minimum absolute atomic E-state index is 0.0915. The number of piperazine rings is 1. The first-order valence-electron chi connectivity index (χ1n) is 12.0. The average Bonchev–Trinajstić information content (AvgIpc) is 3.32. The molecule has 1 aromatic heterocycles. The van der Waals surface area contributed by atoms with Crippen molar-refractivity contribution in [1.29, 1.82) is 0 Å². The second-order valence-electron chi connectivity index (χ2n) is 8.96. The van der Waals surface area contributed by atoms with Crippen LogP contribution in [0.5, 0.6) is 0 Å². The quantitative estimate of drug-likeness (QED) is 0.283. The number of aliphatic hydroxyl groups excluding tert-OH is 1. The van der Waals surface area contributed by atoms with Crippen LogP contribution in [0.3, 0.4) is 0 Å². The summed E-state index contributed by atoms with van der Waals surface area (Å²) in [7, 11) is 1.65. The normalized spacial score (nSPS) is 15.9. The zero-order valence-corrected chi connectivity index (χ0v) is 21.3. The molecule has 0 saturated carbocycles. The number of carbonyl (C=O) groups excluding carboxylic acids is 4. The number of ketones is 1. The van der Waals surface area contributed by atoms with Crippen LogP contribution in [0.25, 0.3) is 12.3 Å². The third-order valence-electron chi connectivity index (χ3n) is 6.60. The molecular weight excluding hydrogens is 474 g/mol. The van der Waals surface area contributed by atoms with Gasteiger partial charge in [0, 0.05) is 67.5 Å². The van der Waals surface area contributed by atoms with Crippen LogP contribution < -0.4 is 21.2 Å². The predicted octanol–water partition coefficient (Wildman–Crippen LogP) is -0.433. The minimum atomic E-state index is -1.34. The van der Waals surface area contributed by atoms with Gasteiger partial charge in [-0.3, -0.25) is 19.2 Å². The number of aromatic nitrogens is 1. The smallest absolute Gasteiger partial charge is 0.295 e. The van der Waals surface area contributed by atoms with Crippen LogP contribution >= 0.6 is 0 Å². The lowest BCUT2D eigenvalue weighted by atomic mass is 10.0. The fraction of sp³-hybridized carbons (Fsp3) is 0.333. The number of carbonyl (C=O) groups is 4. The Hall–Kier alpha value is -4.18. The van der Waals surface area contributed by atoms with Gasteiger partial charge in [-0.05, 0) is 19.1 Å². The maximum Gasteiger partial charge on any atom is 0.295 e. The summed E-state index contributed by atoms with van der Waals surface area (Å²) in [5, 5.41) is 16.4. The first-order chi connectivity index (χ1) is 17.6. The molecule has 10 heteroatoms. The second kappa shape index (κ2) is 11.7. The van der Waals surface area contributed by atoms with Gasteiger partial charge in [-0.25, -0.2) is 0 Å². The van der Waals surface area contributed by atoms with Crippen molar-refractivity contribution in [2.45, 2.75) is 20.0 Å². The molecule has 0 aliphatic carbocycles. The maximum absolute atomic E-state index is 13.0. The lowest BCUT2D eigenvalue weighted by Crippen LogP contribution is -2.52. The van der Waals surface area contributed by atoms with Crippen LogP contribution in [0.4, 0.5) is 0 Å². The highest BCUT2D eigenvalue weighted by molar-refractivity contribution is 6.42. The van der Waals surface area contributed by atoms with E-state index in [4.69, 9.17) is 0 Å². The number of hydrogen-bond donors (Lipinski definition) is 4. The Bertz CT molecular complexity index is 1310. The largest absolute Gasteiger partial charge is 0.392 e. The molecule has 1 aliphatic rings. The van der Waals surface area contributed by atoms with Crippen molar-refractivity contribution in [2.75, 3.05) is 33.2 Å². The maximum atomic E-state index is 13.0. The molecule has 4 N–H and O–H groups in total. The summed E-state index contributed by atoms with van der Waals surface area (Å²) < 4.78 is 0. The Morgan fingerprint density at radius 1 is 1.05 bits per heavy atom. The molecule has 2 unspecified atom stereocenters. The van der Waals surface area contributed by atoms with Gasteiger partial charge in [0.15, 0.2) is 0 Å². The highest BCUT2D eigenvalue weighted by Gasteiger charge is 2.30. The van der Waals surface area contributed by atoms with Crippen molar-refractivity contribution >= 4 is 35.8 Å². The molecule has 1 aliphatic heterocycles. The summed E-state index contributed by atoms with van der Waals surface area (Å²) in [4.78, 5) is 57.0. The fourth-order valence-electron chi connectivity index (χ4n) is 4.09. The van der Waals surface area contributed by atoms with Crippen molar-refractivity contribution in [3.05, 3.63) is 70.5 Å². The third kappa shape index (κ3) is 5.97. The Kier molecular flexibility index (Phi) is 8.67. The Morgan fingerprint density at radius 2 is 1.65 bits per heavy atom. The predicted molar refractivity (Wildman–Crippen MR) is 139 cm³/mol. The summed E-state index contributed by atoms with van der Waals surface area (Å²) in [6.07, 6.45) is 0.0400. The van der Waals surface area contributed by atoms with Crippen molar-refractivity contribution in [3.63, 3.8) is 0 Å². The van der Waals surface area contributed by atoms with Crippen LogP contribution in [0.2, 0.25) is 0 Å². The van der Waals surface area contributed by atoms with Gasteiger partial charge in [-0.2, -0.15) is 0 Å². The van der Waals surface area contributed by atoms with E-state index in [0.29, 0.717) is 35.4 Å². The number of rotatable bonds is 8. The van der Waals surface area contributed by atoms with Crippen LogP contribution in [-0.4, -0.2) is 82.7 Å². The molecule has 1 aromatic carbocycles. The van der Waals surface area contributed by atoms with Gasteiger partial charge in [-0.1, -0.05) is 38.3 Å². The number of nitrogens with zero attached hydrogens (tertiary/aromatic N) is 2.